The van der Waals surface area contributed by atoms with Crippen LogP contribution in [0.15, 0.2) is 16.6 Å². The van der Waals surface area contributed by atoms with Crippen LogP contribution in [0.2, 0.25) is 0 Å². The van der Waals surface area contributed by atoms with E-state index in [9.17, 15) is 26.7 Å². The van der Waals surface area contributed by atoms with Crippen LogP contribution >= 0.6 is 15.9 Å². The minimum atomic E-state index is -4.67. The Kier molecular flexibility index (Phi) is 4.24. The van der Waals surface area contributed by atoms with E-state index in [2.05, 4.69) is 15.9 Å². The van der Waals surface area contributed by atoms with Gasteiger partial charge in [-0.15, -0.1) is 0 Å². The summed E-state index contributed by atoms with van der Waals surface area (Å²) >= 11 is 2.76. The molecular weight excluding hydrogens is 311 g/mol. The van der Waals surface area contributed by atoms with Gasteiger partial charge in [-0.3, -0.25) is 4.79 Å². The fraction of sp³-hybridized carbons (Fsp3) is 0.300. The zero-order valence-corrected chi connectivity index (χ0v) is 9.83. The van der Waals surface area contributed by atoms with Gasteiger partial charge in [-0.1, -0.05) is 0 Å². The lowest BCUT2D eigenvalue weighted by molar-refractivity contribution is -0.151. The largest absolute Gasteiger partial charge is 0.395 e. The minimum Gasteiger partial charge on any atom is -0.299 e. The lowest BCUT2D eigenvalue weighted by Gasteiger charge is -2.07. The predicted molar refractivity (Wildman–Crippen MR) is 53.4 cm³/mol. The number of alkyl halides is 3. The number of Topliss-reactive ketones (excluding diaryl/α,β-unsaturated/α-hetero) is 1. The Hall–Kier alpha value is -0.980. The van der Waals surface area contributed by atoms with Crippen molar-refractivity contribution >= 4 is 21.7 Å². The van der Waals surface area contributed by atoms with Crippen LogP contribution in [-0.2, 0) is 11.2 Å². The molecule has 1 nitrogen and oxygen atoms in total. The maximum atomic E-state index is 13.3. The van der Waals surface area contributed by atoms with Gasteiger partial charge < -0.3 is 0 Å². The predicted octanol–water partition coefficient (Wildman–Crippen LogP) is 3.79. The Balaban J connectivity index is 2.89. The molecule has 0 N–H and O–H groups in total. The SMILES string of the molecule is O=C(Cc1c(F)ccc(Br)c1F)CC(F)(F)F. The number of rotatable bonds is 3. The summed E-state index contributed by atoms with van der Waals surface area (Å²) in [6, 6.07) is 1.95. The van der Waals surface area contributed by atoms with E-state index in [4.69, 9.17) is 0 Å². The van der Waals surface area contributed by atoms with Crippen LogP contribution in [0.3, 0.4) is 0 Å². The van der Waals surface area contributed by atoms with Crippen molar-refractivity contribution in [3.63, 3.8) is 0 Å². The third kappa shape index (κ3) is 4.07. The molecular formula is C10H6BrF5O. The highest BCUT2D eigenvalue weighted by atomic mass is 79.9. The molecule has 0 saturated carbocycles. The molecule has 0 atom stereocenters. The standard InChI is InChI=1S/C10H6BrF5O/c11-7-1-2-8(12)6(9(7)13)3-5(17)4-10(14,15)16/h1-2H,3-4H2. The van der Waals surface area contributed by atoms with E-state index in [0.717, 1.165) is 12.1 Å². The number of carbonyl (C=O) groups excluding carboxylic acids is 1. The molecule has 0 spiro atoms. The second-order valence-electron chi connectivity index (χ2n) is 3.33. The highest BCUT2D eigenvalue weighted by Crippen LogP contribution is 2.25. The average molecular weight is 317 g/mol. The summed E-state index contributed by atoms with van der Waals surface area (Å²) in [6.45, 7) is 0. The molecule has 1 aromatic carbocycles. The molecule has 0 bridgehead atoms. The van der Waals surface area contributed by atoms with Gasteiger partial charge in [0.25, 0.3) is 0 Å². The van der Waals surface area contributed by atoms with Gasteiger partial charge in [-0.2, -0.15) is 13.2 Å². The van der Waals surface area contributed by atoms with E-state index in [1.54, 1.807) is 0 Å². The van der Waals surface area contributed by atoms with Crippen LogP contribution in [0.25, 0.3) is 0 Å². The lowest BCUT2D eigenvalue weighted by atomic mass is 10.1. The Labute approximate surface area is 102 Å². The van der Waals surface area contributed by atoms with Crippen LogP contribution in [0, 0.1) is 11.6 Å². The first-order valence-electron chi connectivity index (χ1n) is 4.41. The second kappa shape index (κ2) is 5.12. The molecule has 0 aromatic heterocycles. The second-order valence-corrected chi connectivity index (χ2v) is 4.18. The van der Waals surface area contributed by atoms with Gasteiger partial charge in [0, 0.05) is 12.0 Å². The fourth-order valence-electron chi connectivity index (χ4n) is 1.21. The summed E-state index contributed by atoms with van der Waals surface area (Å²) in [6.07, 6.45) is -7.29. The molecule has 0 aliphatic heterocycles. The van der Waals surface area contributed by atoms with Gasteiger partial charge in [0.15, 0.2) is 0 Å². The van der Waals surface area contributed by atoms with Crippen molar-refractivity contribution < 1.29 is 26.7 Å². The number of ketones is 1. The number of benzene rings is 1. The topological polar surface area (TPSA) is 17.1 Å². The highest BCUT2D eigenvalue weighted by molar-refractivity contribution is 9.10. The molecule has 0 aliphatic carbocycles. The van der Waals surface area contributed by atoms with Crippen LogP contribution in [0.4, 0.5) is 22.0 Å². The smallest absolute Gasteiger partial charge is 0.299 e. The van der Waals surface area contributed by atoms with E-state index in [1.165, 1.54) is 0 Å². The van der Waals surface area contributed by atoms with E-state index in [0.29, 0.717) is 0 Å². The van der Waals surface area contributed by atoms with Crippen LogP contribution in [0.5, 0.6) is 0 Å². The summed E-state index contributed by atoms with van der Waals surface area (Å²) in [7, 11) is 0. The highest BCUT2D eigenvalue weighted by Gasteiger charge is 2.31. The lowest BCUT2D eigenvalue weighted by Crippen LogP contribution is -2.17. The third-order valence-electron chi connectivity index (χ3n) is 1.91. The van der Waals surface area contributed by atoms with E-state index in [-0.39, 0.29) is 4.47 Å². The van der Waals surface area contributed by atoms with Gasteiger partial charge in [-0.05, 0) is 28.1 Å². The molecule has 94 valence electrons. The van der Waals surface area contributed by atoms with Crippen LogP contribution in [0.1, 0.15) is 12.0 Å². The van der Waals surface area contributed by atoms with Crippen molar-refractivity contribution in [2.24, 2.45) is 0 Å². The minimum absolute atomic E-state index is 0.103. The Morgan fingerprint density at radius 1 is 1.24 bits per heavy atom. The molecule has 1 rings (SSSR count). The molecule has 0 aliphatic rings. The maximum absolute atomic E-state index is 13.3. The van der Waals surface area contributed by atoms with Crippen LogP contribution < -0.4 is 0 Å². The zero-order valence-electron chi connectivity index (χ0n) is 8.24. The summed E-state index contributed by atoms with van der Waals surface area (Å²) in [4.78, 5) is 11.0. The zero-order chi connectivity index (χ0) is 13.2. The number of halogens is 6. The molecule has 17 heavy (non-hydrogen) atoms. The van der Waals surface area contributed by atoms with Gasteiger partial charge in [0.05, 0.1) is 4.47 Å². The summed E-state index contributed by atoms with van der Waals surface area (Å²) in [5, 5.41) is 0. The fourth-order valence-corrected chi connectivity index (χ4v) is 1.59. The monoisotopic (exact) mass is 316 g/mol. The van der Waals surface area contributed by atoms with Gasteiger partial charge in [0.1, 0.15) is 23.8 Å². The third-order valence-corrected chi connectivity index (χ3v) is 2.52. The molecule has 7 heteroatoms. The van der Waals surface area contributed by atoms with E-state index < -0.39 is 42.0 Å². The molecule has 0 heterocycles. The van der Waals surface area contributed by atoms with Crippen molar-refractivity contribution in [1.82, 2.24) is 0 Å². The van der Waals surface area contributed by atoms with Crippen molar-refractivity contribution in [1.29, 1.82) is 0 Å². The van der Waals surface area contributed by atoms with Crippen molar-refractivity contribution in [3.05, 3.63) is 33.8 Å². The molecule has 0 amide bonds. The number of hydrogen-bond donors (Lipinski definition) is 0. The van der Waals surface area contributed by atoms with E-state index >= 15 is 0 Å². The molecule has 0 unspecified atom stereocenters. The molecule has 0 radical (unpaired) electrons. The van der Waals surface area contributed by atoms with Crippen molar-refractivity contribution in [2.45, 2.75) is 19.0 Å². The normalized spacial score (nSPS) is 11.6. The first kappa shape index (κ1) is 14.1. The van der Waals surface area contributed by atoms with Crippen molar-refractivity contribution in [3.8, 4) is 0 Å². The van der Waals surface area contributed by atoms with Gasteiger partial charge >= 0.3 is 6.18 Å². The maximum Gasteiger partial charge on any atom is 0.395 e. The summed E-state index contributed by atoms with van der Waals surface area (Å²) in [5.41, 5.74) is -0.659. The first-order chi connectivity index (χ1) is 7.70. The van der Waals surface area contributed by atoms with Crippen LogP contribution in [-0.4, -0.2) is 12.0 Å². The first-order valence-corrected chi connectivity index (χ1v) is 5.21. The Bertz CT molecular complexity index is 441. The number of hydrogen-bond acceptors (Lipinski definition) is 1. The Morgan fingerprint density at radius 3 is 2.35 bits per heavy atom. The van der Waals surface area contributed by atoms with Gasteiger partial charge in [0.2, 0.25) is 0 Å². The molecule has 0 fully saturated rings. The quantitative estimate of drug-likeness (QED) is 0.612. The summed E-state index contributed by atoms with van der Waals surface area (Å²) in [5.74, 6) is -3.38. The molecule has 1 aromatic rings. The Morgan fingerprint density at radius 2 is 1.82 bits per heavy atom. The van der Waals surface area contributed by atoms with Gasteiger partial charge in [-0.25, -0.2) is 8.78 Å². The summed E-state index contributed by atoms with van der Waals surface area (Å²) < 4.78 is 62.0. The van der Waals surface area contributed by atoms with E-state index in [1.807, 2.05) is 0 Å². The average Bonchev–Trinajstić information content (AvgIpc) is 2.16. The van der Waals surface area contributed by atoms with Crippen molar-refractivity contribution in [2.75, 3.05) is 0 Å². The molecule has 0 saturated heterocycles. The number of carbonyl (C=O) groups is 1.